The Morgan fingerprint density at radius 1 is 1.32 bits per heavy atom. The SMILES string of the molecule is [B]c1cc(N)c(OC)c(N)c1-c1cc(C)cnc1F. The van der Waals surface area contributed by atoms with Crippen LogP contribution in [0.1, 0.15) is 5.56 Å². The number of halogens is 1. The van der Waals surface area contributed by atoms with Gasteiger partial charge in [0.05, 0.1) is 18.5 Å². The highest BCUT2D eigenvalue weighted by atomic mass is 19.1. The topological polar surface area (TPSA) is 74.2 Å². The Bertz CT molecular complexity index is 646. The van der Waals surface area contributed by atoms with E-state index in [9.17, 15) is 4.39 Å². The Morgan fingerprint density at radius 3 is 2.63 bits per heavy atom. The molecule has 0 saturated carbocycles. The van der Waals surface area contributed by atoms with E-state index in [0.717, 1.165) is 5.56 Å². The Hall–Kier alpha value is -2.24. The van der Waals surface area contributed by atoms with Gasteiger partial charge in [-0.25, -0.2) is 4.98 Å². The summed E-state index contributed by atoms with van der Waals surface area (Å²) in [6, 6.07) is 3.12. The number of nitrogen functional groups attached to an aromatic ring is 2. The van der Waals surface area contributed by atoms with E-state index in [2.05, 4.69) is 4.98 Å². The molecule has 0 amide bonds. The third kappa shape index (κ3) is 2.21. The lowest BCUT2D eigenvalue weighted by atomic mass is 9.85. The van der Waals surface area contributed by atoms with Crippen LogP contribution in [0.4, 0.5) is 15.8 Å². The number of nitrogens with two attached hydrogens (primary N) is 2. The molecule has 4 nitrogen and oxygen atoms in total. The third-order valence-corrected chi connectivity index (χ3v) is 2.83. The molecule has 0 fully saturated rings. The Balaban J connectivity index is 2.78. The van der Waals surface area contributed by atoms with Crippen LogP contribution in [0.25, 0.3) is 11.1 Å². The Morgan fingerprint density at radius 2 is 2.00 bits per heavy atom. The van der Waals surface area contributed by atoms with Gasteiger partial charge >= 0.3 is 0 Å². The third-order valence-electron chi connectivity index (χ3n) is 2.83. The first-order valence-corrected chi connectivity index (χ1v) is 5.59. The van der Waals surface area contributed by atoms with E-state index < -0.39 is 5.95 Å². The van der Waals surface area contributed by atoms with Gasteiger partial charge in [0.25, 0.3) is 0 Å². The molecule has 1 heterocycles. The molecule has 0 unspecified atom stereocenters. The minimum atomic E-state index is -0.643. The number of rotatable bonds is 2. The van der Waals surface area contributed by atoms with Gasteiger partial charge in [0.1, 0.15) is 7.85 Å². The van der Waals surface area contributed by atoms with Crippen LogP contribution in [0.5, 0.6) is 5.75 Å². The summed E-state index contributed by atoms with van der Waals surface area (Å²) in [5.74, 6) is -0.360. The highest BCUT2D eigenvalue weighted by molar-refractivity contribution is 6.37. The van der Waals surface area contributed by atoms with Crippen molar-refractivity contribution >= 4 is 24.7 Å². The number of benzene rings is 1. The summed E-state index contributed by atoms with van der Waals surface area (Å²) < 4.78 is 19.0. The molecule has 0 atom stereocenters. The van der Waals surface area contributed by atoms with E-state index in [1.165, 1.54) is 19.4 Å². The average molecular weight is 257 g/mol. The molecule has 0 aliphatic heterocycles. The lowest BCUT2D eigenvalue weighted by Gasteiger charge is -2.16. The zero-order valence-electron chi connectivity index (χ0n) is 10.7. The van der Waals surface area contributed by atoms with Crippen molar-refractivity contribution in [3.05, 3.63) is 29.8 Å². The Labute approximate surface area is 112 Å². The quantitative estimate of drug-likeness (QED) is 0.481. The van der Waals surface area contributed by atoms with Crippen molar-refractivity contribution < 1.29 is 9.13 Å². The van der Waals surface area contributed by atoms with Gasteiger partial charge in [-0.2, -0.15) is 4.39 Å². The second-order valence-electron chi connectivity index (χ2n) is 4.23. The van der Waals surface area contributed by atoms with E-state index in [4.69, 9.17) is 24.1 Å². The first kappa shape index (κ1) is 13.2. The van der Waals surface area contributed by atoms with E-state index in [-0.39, 0.29) is 22.5 Å². The number of nitrogens with zero attached hydrogens (tertiary/aromatic N) is 1. The average Bonchev–Trinajstić information content (AvgIpc) is 2.33. The zero-order chi connectivity index (χ0) is 14.2. The van der Waals surface area contributed by atoms with E-state index in [1.807, 2.05) is 0 Å². The summed E-state index contributed by atoms with van der Waals surface area (Å²) >= 11 is 0. The van der Waals surface area contributed by atoms with Gasteiger partial charge in [0, 0.05) is 17.3 Å². The lowest BCUT2D eigenvalue weighted by molar-refractivity contribution is 0.419. The van der Waals surface area contributed by atoms with Crippen LogP contribution < -0.4 is 21.7 Å². The molecule has 0 bridgehead atoms. The molecule has 0 aliphatic carbocycles. The summed E-state index contributed by atoms with van der Waals surface area (Å²) in [4.78, 5) is 3.67. The van der Waals surface area contributed by atoms with Crippen molar-refractivity contribution in [2.24, 2.45) is 0 Å². The molecule has 1 aromatic heterocycles. The molecule has 96 valence electrons. The van der Waals surface area contributed by atoms with E-state index in [0.29, 0.717) is 11.3 Å². The van der Waals surface area contributed by atoms with Crippen molar-refractivity contribution in [2.45, 2.75) is 6.92 Å². The van der Waals surface area contributed by atoms with E-state index >= 15 is 0 Å². The highest BCUT2D eigenvalue weighted by Gasteiger charge is 2.17. The second-order valence-corrected chi connectivity index (χ2v) is 4.23. The molecule has 2 aromatic rings. The molecule has 2 rings (SSSR count). The van der Waals surface area contributed by atoms with Crippen molar-refractivity contribution in [1.82, 2.24) is 4.98 Å². The van der Waals surface area contributed by atoms with Gasteiger partial charge in [-0.1, -0.05) is 5.46 Å². The normalized spacial score (nSPS) is 10.5. The predicted molar refractivity (Wildman–Crippen MR) is 75.1 cm³/mol. The molecule has 4 N–H and O–H groups in total. The number of hydrogen-bond acceptors (Lipinski definition) is 4. The fourth-order valence-corrected chi connectivity index (χ4v) is 1.99. The predicted octanol–water partition coefficient (Wildman–Crippen LogP) is 1.16. The smallest absolute Gasteiger partial charge is 0.220 e. The molecule has 0 spiro atoms. The minimum absolute atomic E-state index is 0.200. The first-order chi connectivity index (χ1) is 8.95. The molecule has 19 heavy (non-hydrogen) atoms. The van der Waals surface area contributed by atoms with Crippen molar-refractivity contribution in [3.8, 4) is 16.9 Å². The van der Waals surface area contributed by atoms with Gasteiger partial charge in [-0.05, 0) is 24.6 Å². The molecular weight excluding hydrogens is 244 g/mol. The molecule has 0 saturated heterocycles. The van der Waals surface area contributed by atoms with Crippen LogP contribution in [0.2, 0.25) is 0 Å². The standard InChI is InChI=1S/C13H13BFN3O/c1-6-3-7(13(15)18-5-6)10-8(14)4-9(16)12(19-2)11(10)17/h3-5H,16-17H2,1-2H3. The fraction of sp³-hybridized carbons (Fsp3) is 0.154. The summed E-state index contributed by atoms with van der Waals surface area (Å²) in [6.07, 6.45) is 1.43. The summed E-state index contributed by atoms with van der Waals surface area (Å²) in [6.45, 7) is 1.80. The number of pyridine rings is 1. The van der Waals surface area contributed by atoms with Gasteiger partial charge in [0.15, 0.2) is 5.75 Å². The van der Waals surface area contributed by atoms with Crippen LogP contribution in [0, 0.1) is 12.9 Å². The second kappa shape index (κ2) is 4.80. The number of hydrogen-bond donors (Lipinski definition) is 2. The molecule has 1 aromatic carbocycles. The zero-order valence-corrected chi connectivity index (χ0v) is 10.7. The Kier molecular flexibility index (Phi) is 3.33. The first-order valence-electron chi connectivity index (χ1n) is 5.59. The summed E-state index contributed by atoms with van der Waals surface area (Å²) in [7, 11) is 7.32. The number of anilines is 2. The number of methoxy groups -OCH3 is 1. The monoisotopic (exact) mass is 257 g/mol. The maximum atomic E-state index is 13.9. The van der Waals surface area contributed by atoms with E-state index in [1.54, 1.807) is 13.0 Å². The minimum Gasteiger partial charge on any atom is -0.492 e. The van der Waals surface area contributed by atoms with Crippen molar-refractivity contribution in [1.29, 1.82) is 0 Å². The van der Waals surface area contributed by atoms with Gasteiger partial charge in [0.2, 0.25) is 5.95 Å². The molecular formula is C13H13BFN3O. The van der Waals surface area contributed by atoms with Crippen LogP contribution >= 0.6 is 0 Å². The van der Waals surface area contributed by atoms with Crippen LogP contribution in [0.3, 0.4) is 0 Å². The van der Waals surface area contributed by atoms with Crippen molar-refractivity contribution in [2.75, 3.05) is 18.6 Å². The molecule has 6 heteroatoms. The molecule has 0 aliphatic rings. The maximum absolute atomic E-state index is 13.9. The van der Waals surface area contributed by atoms with Gasteiger partial charge in [-0.3, -0.25) is 0 Å². The molecule has 2 radical (unpaired) electrons. The number of aromatic nitrogens is 1. The summed E-state index contributed by atoms with van der Waals surface area (Å²) in [5, 5.41) is 0. The lowest BCUT2D eigenvalue weighted by Crippen LogP contribution is -2.14. The number of ether oxygens (including phenoxy) is 1. The highest BCUT2D eigenvalue weighted by Crippen LogP contribution is 2.36. The van der Waals surface area contributed by atoms with Crippen LogP contribution in [-0.2, 0) is 0 Å². The van der Waals surface area contributed by atoms with Crippen LogP contribution in [0.15, 0.2) is 18.3 Å². The maximum Gasteiger partial charge on any atom is 0.220 e. The number of aryl methyl sites for hydroxylation is 1. The van der Waals surface area contributed by atoms with Crippen molar-refractivity contribution in [3.63, 3.8) is 0 Å². The fourth-order valence-electron chi connectivity index (χ4n) is 1.99. The largest absolute Gasteiger partial charge is 0.492 e. The van der Waals surface area contributed by atoms with Gasteiger partial charge < -0.3 is 16.2 Å². The van der Waals surface area contributed by atoms with Gasteiger partial charge in [-0.15, -0.1) is 0 Å². The summed E-state index contributed by atoms with van der Waals surface area (Å²) in [5.41, 5.74) is 13.9. The van der Waals surface area contributed by atoms with Crippen LogP contribution in [-0.4, -0.2) is 19.9 Å².